The maximum Gasteiger partial charge on any atom is 0.417 e. The molecule has 5 nitrogen and oxygen atoms in total. The van der Waals surface area contributed by atoms with Crippen LogP contribution in [0.4, 0.5) is 18.9 Å². The molecule has 1 aliphatic rings. The van der Waals surface area contributed by atoms with E-state index < -0.39 is 29.5 Å². The number of hydrogen-bond donors (Lipinski definition) is 2. The Kier molecular flexibility index (Phi) is 8.19. The first-order chi connectivity index (χ1) is 18.0. The number of nitrogens with zero attached hydrogens (tertiary/aromatic N) is 1. The molecule has 1 saturated carbocycles. The van der Waals surface area contributed by atoms with Crippen LogP contribution in [0.3, 0.4) is 0 Å². The number of anilines is 1. The molecule has 2 atom stereocenters. The van der Waals surface area contributed by atoms with Crippen LogP contribution < -0.4 is 5.32 Å². The number of hydrogen-bond acceptors (Lipinski definition) is 3. The predicted molar refractivity (Wildman–Crippen MR) is 140 cm³/mol. The van der Waals surface area contributed by atoms with Crippen LogP contribution >= 0.6 is 0 Å². The number of nitrogens with one attached hydrogen (secondary N) is 1. The topological polar surface area (TPSA) is 79.3 Å². The normalized spacial score (nSPS) is 15.7. The third-order valence-electron chi connectivity index (χ3n) is 7.47. The molecule has 0 unspecified atom stereocenters. The number of alkyl halides is 3. The van der Waals surface area contributed by atoms with Crippen LogP contribution in [0.1, 0.15) is 60.8 Å². The highest BCUT2D eigenvalue weighted by Crippen LogP contribution is 2.39. The minimum Gasteiger partial charge on any atom is -0.481 e. The average Bonchev–Trinajstić information content (AvgIpc) is 3.41. The second-order valence-electron chi connectivity index (χ2n) is 10.1. The van der Waals surface area contributed by atoms with Crippen LogP contribution in [0.5, 0.6) is 0 Å². The lowest BCUT2D eigenvalue weighted by Gasteiger charge is -2.24. The van der Waals surface area contributed by atoms with Crippen LogP contribution in [0, 0.1) is 18.8 Å². The monoisotopic (exact) mass is 524 g/mol. The summed E-state index contributed by atoms with van der Waals surface area (Å²) < 4.78 is 39.4. The van der Waals surface area contributed by atoms with Crippen molar-refractivity contribution in [2.24, 2.45) is 11.8 Å². The van der Waals surface area contributed by atoms with E-state index in [0.717, 1.165) is 54.6 Å². The van der Waals surface area contributed by atoms with Crippen LogP contribution in [-0.4, -0.2) is 22.0 Å². The van der Waals surface area contributed by atoms with E-state index in [-0.39, 0.29) is 11.8 Å². The second-order valence-corrected chi connectivity index (χ2v) is 10.1. The van der Waals surface area contributed by atoms with Gasteiger partial charge < -0.3 is 10.4 Å². The predicted octanol–water partition coefficient (Wildman–Crippen LogP) is 7.25. The summed E-state index contributed by atoms with van der Waals surface area (Å²) in [6, 6.07) is 13.7. The maximum absolute atomic E-state index is 13.7. The van der Waals surface area contributed by atoms with Gasteiger partial charge in [-0.2, -0.15) is 13.2 Å². The third kappa shape index (κ3) is 6.23. The van der Waals surface area contributed by atoms with Gasteiger partial charge in [0.1, 0.15) is 0 Å². The molecule has 0 spiro atoms. The summed E-state index contributed by atoms with van der Waals surface area (Å²) in [4.78, 5) is 28.7. The van der Waals surface area contributed by atoms with E-state index in [0.29, 0.717) is 23.2 Å². The largest absolute Gasteiger partial charge is 0.481 e. The molecule has 2 aromatic carbocycles. The Labute approximate surface area is 220 Å². The van der Waals surface area contributed by atoms with Crippen molar-refractivity contribution in [3.63, 3.8) is 0 Å². The van der Waals surface area contributed by atoms with E-state index in [4.69, 9.17) is 0 Å². The Morgan fingerprint density at radius 2 is 1.74 bits per heavy atom. The van der Waals surface area contributed by atoms with Crippen molar-refractivity contribution in [3.05, 3.63) is 83.2 Å². The molecule has 1 aromatic heterocycles. The van der Waals surface area contributed by atoms with Crippen LogP contribution in [0.2, 0.25) is 0 Å². The number of rotatable bonds is 8. The third-order valence-corrected chi connectivity index (χ3v) is 7.47. The fourth-order valence-electron chi connectivity index (χ4n) is 5.23. The van der Waals surface area contributed by atoms with E-state index in [9.17, 15) is 27.9 Å². The molecule has 1 fully saturated rings. The summed E-state index contributed by atoms with van der Waals surface area (Å²) in [6.07, 6.45) is 2.02. The first-order valence-corrected chi connectivity index (χ1v) is 12.8. The standard InChI is InChI=1S/C30H31F3N2O3/c1-18(29(37)38)14-23-8-5-9-26(19(23)2)35-28(36)27(21-6-3-4-7-21)22-12-10-20(11-13-22)24-15-25(17-34-16-24)30(31,32)33/h5,8-13,15-18,21,27H,3-4,6-7,14H2,1-2H3,(H,35,36)(H,37,38)/t18-,27+/m0/s1. The van der Waals surface area contributed by atoms with Crippen molar-refractivity contribution in [3.8, 4) is 11.1 Å². The molecule has 4 rings (SSSR count). The van der Waals surface area contributed by atoms with Crippen molar-refractivity contribution in [2.45, 2.75) is 58.0 Å². The van der Waals surface area contributed by atoms with E-state index in [1.165, 1.54) is 6.20 Å². The van der Waals surface area contributed by atoms with E-state index in [2.05, 4.69) is 10.3 Å². The van der Waals surface area contributed by atoms with Gasteiger partial charge in [0.15, 0.2) is 0 Å². The molecule has 1 aliphatic carbocycles. The smallest absolute Gasteiger partial charge is 0.417 e. The molecule has 3 aromatic rings. The van der Waals surface area contributed by atoms with Gasteiger partial charge in [-0.3, -0.25) is 14.6 Å². The highest BCUT2D eigenvalue weighted by molar-refractivity contribution is 5.97. The maximum atomic E-state index is 13.7. The number of amides is 1. The molecule has 0 radical (unpaired) electrons. The molecule has 8 heteroatoms. The van der Waals surface area contributed by atoms with Gasteiger partial charge in [-0.05, 0) is 66.5 Å². The van der Waals surface area contributed by atoms with E-state index in [1.54, 1.807) is 19.1 Å². The number of carboxylic acid groups (broad SMARTS) is 1. The first-order valence-electron chi connectivity index (χ1n) is 12.8. The minimum absolute atomic E-state index is 0.142. The van der Waals surface area contributed by atoms with Gasteiger partial charge >= 0.3 is 12.1 Å². The number of benzene rings is 2. The number of aliphatic carboxylic acids is 1. The Morgan fingerprint density at radius 3 is 2.37 bits per heavy atom. The van der Waals surface area contributed by atoms with Crippen molar-refractivity contribution in [1.82, 2.24) is 4.98 Å². The first kappa shape index (κ1) is 27.4. The highest BCUT2D eigenvalue weighted by Gasteiger charge is 2.33. The van der Waals surface area contributed by atoms with Crippen molar-refractivity contribution >= 4 is 17.6 Å². The van der Waals surface area contributed by atoms with E-state index in [1.807, 2.05) is 37.3 Å². The van der Waals surface area contributed by atoms with Gasteiger partial charge in [0.05, 0.1) is 17.4 Å². The molecule has 2 N–H and O–H groups in total. The molecule has 200 valence electrons. The molecule has 0 aliphatic heterocycles. The van der Waals surface area contributed by atoms with Gasteiger partial charge in [-0.1, -0.05) is 56.2 Å². The van der Waals surface area contributed by atoms with E-state index >= 15 is 0 Å². The molecule has 38 heavy (non-hydrogen) atoms. The quantitative estimate of drug-likeness (QED) is 0.325. The lowest BCUT2D eigenvalue weighted by molar-refractivity contribution is -0.141. The minimum atomic E-state index is -4.48. The lowest BCUT2D eigenvalue weighted by atomic mass is 9.83. The zero-order chi connectivity index (χ0) is 27.4. The molecular formula is C30H31F3N2O3. The summed E-state index contributed by atoms with van der Waals surface area (Å²) in [6.45, 7) is 3.53. The van der Waals surface area contributed by atoms with Crippen LogP contribution in [0.15, 0.2) is 60.9 Å². The van der Waals surface area contributed by atoms with Crippen molar-refractivity contribution in [1.29, 1.82) is 0 Å². The molecule has 1 heterocycles. The summed E-state index contributed by atoms with van der Waals surface area (Å²) >= 11 is 0. The number of carbonyl (C=O) groups excluding carboxylic acids is 1. The molecule has 0 saturated heterocycles. The average molecular weight is 525 g/mol. The molecule has 1 amide bonds. The number of pyridine rings is 1. The Bertz CT molecular complexity index is 1300. The van der Waals surface area contributed by atoms with Crippen molar-refractivity contribution < 1.29 is 27.9 Å². The zero-order valence-electron chi connectivity index (χ0n) is 21.4. The summed E-state index contributed by atoms with van der Waals surface area (Å²) in [5.74, 6) is -1.81. The van der Waals surface area contributed by atoms with Gasteiger partial charge in [-0.15, -0.1) is 0 Å². The lowest BCUT2D eigenvalue weighted by Crippen LogP contribution is -2.27. The molecular weight excluding hydrogens is 493 g/mol. The summed E-state index contributed by atoms with van der Waals surface area (Å²) in [5, 5.41) is 12.4. The van der Waals surface area contributed by atoms with Crippen LogP contribution in [0.25, 0.3) is 11.1 Å². The Morgan fingerprint density at radius 1 is 1.05 bits per heavy atom. The Balaban J connectivity index is 1.59. The number of carboxylic acids is 1. The van der Waals surface area contributed by atoms with Gasteiger partial charge in [0, 0.05) is 23.6 Å². The second kappa shape index (κ2) is 11.4. The SMILES string of the molecule is Cc1c(C[C@H](C)C(=O)O)cccc1NC(=O)[C@@H](c1ccc(-c2cncc(C(F)(F)F)c2)cc1)C1CCCC1. The Hall–Kier alpha value is -3.68. The number of carbonyl (C=O) groups is 2. The van der Waals surface area contributed by atoms with Gasteiger partial charge in [0.2, 0.25) is 5.91 Å². The van der Waals surface area contributed by atoms with Crippen molar-refractivity contribution in [2.75, 3.05) is 5.32 Å². The van der Waals surface area contributed by atoms with Gasteiger partial charge in [0.25, 0.3) is 0 Å². The summed E-state index contributed by atoms with van der Waals surface area (Å²) in [5.41, 5.74) is 3.31. The zero-order valence-corrected chi connectivity index (χ0v) is 21.4. The summed E-state index contributed by atoms with van der Waals surface area (Å²) in [7, 11) is 0. The number of aromatic nitrogens is 1. The fraction of sp³-hybridized carbons (Fsp3) is 0.367. The van der Waals surface area contributed by atoms with Crippen LogP contribution in [-0.2, 0) is 22.2 Å². The van der Waals surface area contributed by atoms with Gasteiger partial charge in [-0.25, -0.2) is 0 Å². The highest BCUT2D eigenvalue weighted by atomic mass is 19.4. The number of halogens is 3. The fourth-order valence-corrected chi connectivity index (χ4v) is 5.23. The molecule has 0 bridgehead atoms.